The van der Waals surface area contributed by atoms with Crippen LogP contribution in [0, 0.1) is 19.7 Å². The lowest BCUT2D eigenvalue weighted by atomic mass is 9.62. The maximum Gasteiger partial charge on any atom is 0.131 e. The molecule has 3 rings (SSSR count). The van der Waals surface area contributed by atoms with E-state index in [4.69, 9.17) is 0 Å². The Labute approximate surface area is 151 Å². The highest BCUT2D eigenvalue weighted by Gasteiger charge is 2.37. The molecular weight excluding hydrogens is 307 g/mol. The Hall–Kier alpha value is -1.89. The topological polar surface area (TPSA) is 0 Å². The number of hydrogen-bond acceptors (Lipinski definition) is 0. The van der Waals surface area contributed by atoms with E-state index in [0.717, 1.165) is 16.7 Å². The Kier molecular flexibility index (Phi) is 4.18. The van der Waals surface area contributed by atoms with Gasteiger partial charge in [-0.05, 0) is 77.0 Å². The molecule has 2 aromatic carbocycles. The van der Waals surface area contributed by atoms with Gasteiger partial charge in [0.1, 0.15) is 5.82 Å². The smallest absolute Gasteiger partial charge is 0.131 e. The number of fused-ring (bicyclic) bond motifs is 1. The normalized spacial score (nSPS) is 17.9. The van der Waals surface area contributed by atoms with E-state index in [-0.39, 0.29) is 16.6 Å². The predicted octanol–water partition coefficient (Wildman–Crippen LogP) is 6.85. The zero-order valence-corrected chi connectivity index (χ0v) is 16.4. The van der Waals surface area contributed by atoms with Gasteiger partial charge in [-0.25, -0.2) is 4.39 Å². The second-order valence-corrected chi connectivity index (χ2v) is 8.94. The van der Waals surface area contributed by atoms with Crippen LogP contribution in [-0.4, -0.2) is 0 Å². The first-order valence-corrected chi connectivity index (χ1v) is 9.14. The van der Waals surface area contributed by atoms with E-state index >= 15 is 0 Å². The summed E-state index contributed by atoms with van der Waals surface area (Å²) in [5.74, 6) is -0.193. The summed E-state index contributed by atoms with van der Waals surface area (Å²) in [4.78, 5) is 0. The van der Waals surface area contributed by atoms with Crippen molar-refractivity contribution in [3.8, 4) is 0 Å². The molecule has 132 valence electrons. The third-order valence-corrected chi connectivity index (χ3v) is 5.97. The van der Waals surface area contributed by atoms with Crippen molar-refractivity contribution in [1.29, 1.82) is 0 Å². The van der Waals surface area contributed by atoms with Crippen LogP contribution in [-0.2, 0) is 10.8 Å². The first-order valence-electron chi connectivity index (χ1n) is 9.14. The van der Waals surface area contributed by atoms with Gasteiger partial charge in [-0.1, -0.05) is 58.5 Å². The largest absolute Gasteiger partial charge is 0.206 e. The summed E-state index contributed by atoms with van der Waals surface area (Å²) in [7, 11) is 0. The molecule has 0 saturated carbocycles. The molecule has 1 aliphatic carbocycles. The van der Waals surface area contributed by atoms with Crippen molar-refractivity contribution in [3.63, 3.8) is 0 Å². The summed E-state index contributed by atoms with van der Waals surface area (Å²) in [6, 6.07) is 9.96. The predicted molar refractivity (Wildman–Crippen MR) is 106 cm³/mol. The van der Waals surface area contributed by atoms with Crippen LogP contribution in [0.25, 0.3) is 5.57 Å². The maximum absolute atomic E-state index is 14.5. The first-order chi connectivity index (χ1) is 11.5. The quantitative estimate of drug-likeness (QED) is 0.562. The number of hydrogen-bond donors (Lipinski definition) is 0. The highest BCUT2D eigenvalue weighted by molar-refractivity contribution is 5.81. The maximum atomic E-state index is 14.5. The highest BCUT2D eigenvalue weighted by atomic mass is 19.1. The molecule has 0 unspecified atom stereocenters. The van der Waals surface area contributed by atoms with Crippen LogP contribution in [0.5, 0.6) is 0 Å². The molecule has 25 heavy (non-hydrogen) atoms. The van der Waals surface area contributed by atoms with Crippen LogP contribution >= 0.6 is 0 Å². The molecular formula is C24H29F. The fraction of sp³-hybridized carbons (Fsp3) is 0.417. The Bertz CT molecular complexity index is 853. The van der Waals surface area contributed by atoms with E-state index in [1.165, 1.54) is 29.5 Å². The van der Waals surface area contributed by atoms with E-state index < -0.39 is 0 Å². The van der Waals surface area contributed by atoms with Gasteiger partial charge in [0.05, 0.1) is 0 Å². The third kappa shape index (κ3) is 3.05. The van der Waals surface area contributed by atoms with E-state index in [1.54, 1.807) is 6.07 Å². The molecule has 1 aliphatic rings. The average Bonchev–Trinajstić information content (AvgIpc) is 2.51. The molecule has 0 saturated heterocycles. The van der Waals surface area contributed by atoms with Crippen molar-refractivity contribution < 1.29 is 4.39 Å². The number of aryl methyl sites for hydroxylation is 2. The van der Waals surface area contributed by atoms with Gasteiger partial charge in [-0.3, -0.25) is 0 Å². The van der Waals surface area contributed by atoms with Crippen molar-refractivity contribution in [1.82, 2.24) is 0 Å². The fourth-order valence-electron chi connectivity index (χ4n) is 4.06. The minimum absolute atomic E-state index is 0.138. The summed E-state index contributed by atoms with van der Waals surface area (Å²) in [6.07, 6.45) is 2.36. The number of rotatable bonds is 2. The Morgan fingerprint density at radius 1 is 0.880 bits per heavy atom. The van der Waals surface area contributed by atoms with Gasteiger partial charge in [0.15, 0.2) is 0 Å². The Balaban J connectivity index is 2.17. The molecule has 0 spiro atoms. The van der Waals surface area contributed by atoms with Gasteiger partial charge in [0.2, 0.25) is 0 Å². The molecule has 0 nitrogen and oxygen atoms in total. The third-order valence-electron chi connectivity index (χ3n) is 5.97. The van der Waals surface area contributed by atoms with E-state index in [9.17, 15) is 4.39 Å². The van der Waals surface area contributed by atoms with E-state index in [2.05, 4.69) is 53.3 Å². The molecule has 0 aliphatic heterocycles. The summed E-state index contributed by atoms with van der Waals surface area (Å²) >= 11 is 0. The molecule has 0 fully saturated rings. The van der Waals surface area contributed by atoms with Crippen molar-refractivity contribution in [2.24, 2.45) is 0 Å². The van der Waals surface area contributed by atoms with Crippen molar-refractivity contribution >= 4 is 5.57 Å². The molecule has 0 bridgehead atoms. The summed E-state index contributed by atoms with van der Waals surface area (Å²) in [5.41, 5.74) is 7.68. The molecule has 0 aromatic heterocycles. The summed E-state index contributed by atoms with van der Waals surface area (Å²) < 4.78 is 14.5. The monoisotopic (exact) mass is 336 g/mol. The van der Waals surface area contributed by atoms with Crippen LogP contribution in [0.3, 0.4) is 0 Å². The lowest BCUT2D eigenvalue weighted by molar-refractivity contribution is 0.331. The van der Waals surface area contributed by atoms with Crippen LogP contribution in [0.4, 0.5) is 4.39 Å². The van der Waals surface area contributed by atoms with E-state index in [1.807, 2.05) is 19.1 Å². The molecule has 0 N–H and O–H groups in total. The molecule has 0 heterocycles. The van der Waals surface area contributed by atoms with Crippen molar-refractivity contribution in [2.75, 3.05) is 0 Å². The standard InChI is InChI=1S/C24H29F/c1-15-8-9-18(22(25)12-15)17(3)19-14-21-20(13-16(19)2)23(4,5)10-11-24(21,6)7/h8-9,12-14H,3,10-11H2,1-2,4-7H3. The molecule has 0 amide bonds. The van der Waals surface area contributed by atoms with Gasteiger partial charge in [0, 0.05) is 5.56 Å². The summed E-state index contributed by atoms with van der Waals surface area (Å²) in [5, 5.41) is 0. The van der Waals surface area contributed by atoms with E-state index in [0.29, 0.717) is 5.56 Å². The van der Waals surface area contributed by atoms with Crippen LogP contribution in [0.2, 0.25) is 0 Å². The second kappa shape index (κ2) is 5.83. The van der Waals surface area contributed by atoms with Gasteiger partial charge in [-0.2, -0.15) is 0 Å². The van der Waals surface area contributed by atoms with Gasteiger partial charge < -0.3 is 0 Å². The first kappa shape index (κ1) is 17.9. The van der Waals surface area contributed by atoms with Gasteiger partial charge in [-0.15, -0.1) is 0 Å². The van der Waals surface area contributed by atoms with Crippen molar-refractivity contribution in [3.05, 3.63) is 76.1 Å². The zero-order chi connectivity index (χ0) is 18.6. The number of benzene rings is 2. The molecule has 1 heteroatoms. The second-order valence-electron chi connectivity index (χ2n) is 8.94. The van der Waals surface area contributed by atoms with Crippen molar-refractivity contribution in [2.45, 2.75) is 65.2 Å². The van der Waals surface area contributed by atoms with Crippen LogP contribution in [0.15, 0.2) is 36.9 Å². The fourth-order valence-corrected chi connectivity index (χ4v) is 4.06. The Morgan fingerprint density at radius 3 is 2.00 bits per heavy atom. The molecule has 0 atom stereocenters. The lowest BCUT2D eigenvalue weighted by Gasteiger charge is -2.42. The molecule has 2 aromatic rings. The highest BCUT2D eigenvalue weighted by Crippen LogP contribution is 2.47. The van der Waals surface area contributed by atoms with Crippen LogP contribution in [0.1, 0.15) is 73.9 Å². The SMILES string of the molecule is C=C(c1cc2c(cc1C)C(C)(C)CCC2(C)C)c1ccc(C)cc1F. The average molecular weight is 336 g/mol. The zero-order valence-electron chi connectivity index (χ0n) is 16.4. The van der Waals surface area contributed by atoms with Gasteiger partial charge >= 0.3 is 0 Å². The molecule has 0 radical (unpaired) electrons. The van der Waals surface area contributed by atoms with Crippen LogP contribution < -0.4 is 0 Å². The summed E-state index contributed by atoms with van der Waals surface area (Å²) in [6.45, 7) is 17.5. The minimum Gasteiger partial charge on any atom is -0.206 e. The minimum atomic E-state index is -0.193. The number of halogens is 1. The Morgan fingerprint density at radius 2 is 1.44 bits per heavy atom. The lowest BCUT2D eigenvalue weighted by Crippen LogP contribution is -2.34. The van der Waals surface area contributed by atoms with Gasteiger partial charge in [0.25, 0.3) is 0 Å².